The Balaban J connectivity index is 1.68. The topological polar surface area (TPSA) is 91.8 Å². The monoisotopic (exact) mass is 437 g/mol. The summed E-state index contributed by atoms with van der Waals surface area (Å²) in [4.78, 5) is 22.1. The molecule has 1 N–H and O–H groups in total. The van der Waals surface area contributed by atoms with Crippen molar-refractivity contribution >= 4 is 28.5 Å². The van der Waals surface area contributed by atoms with E-state index in [4.69, 9.17) is 18.9 Å². The number of benzene rings is 2. The van der Waals surface area contributed by atoms with Gasteiger partial charge in [-0.3, -0.25) is 0 Å². The predicted molar refractivity (Wildman–Crippen MR) is 121 cm³/mol. The van der Waals surface area contributed by atoms with E-state index in [0.717, 1.165) is 12.8 Å². The summed E-state index contributed by atoms with van der Waals surface area (Å²) in [6.45, 7) is 5.73. The van der Waals surface area contributed by atoms with Crippen molar-refractivity contribution in [1.29, 1.82) is 0 Å². The van der Waals surface area contributed by atoms with Gasteiger partial charge < -0.3 is 24.3 Å². The number of hydrogen-bond donors (Lipinski definition) is 1. The molecule has 1 fully saturated rings. The van der Waals surface area contributed by atoms with Crippen molar-refractivity contribution in [2.45, 2.75) is 32.8 Å². The molecular formula is C24H27N3O5. The number of nitrogens with one attached hydrogen (secondary N) is 1. The zero-order chi connectivity index (χ0) is 22.3. The number of para-hydroxylation sites is 2. The summed E-state index contributed by atoms with van der Waals surface area (Å²) in [6, 6.07) is 12.8. The minimum absolute atomic E-state index is 0.0730. The van der Waals surface area contributed by atoms with E-state index < -0.39 is 5.97 Å². The summed E-state index contributed by atoms with van der Waals surface area (Å²) in [6.07, 6.45) is 1.78. The van der Waals surface area contributed by atoms with Crippen LogP contribution < -0.4 is 14.8 Å². The van der Waals surface area contributed by atoms with E-state index in [9.17, 15) is 4.79 Å². The van der Waals surface area contributed by atoms with E-state index >= 15 is 0 Å². The van der Waals surface area contributed by atoms with Gasteiger partial charge in [0.25, 0.3) is 0 Å². The lowest BCUT2D eigenvalue weighted by molar-refractivity contribution is 0.0157. The fourth-order valence-electron chi connectivity index (χ4n) is 3.51. The third-order valence-corrected chi connectivity index (χ3v) is 5.00. The maximum absolute atomic E-state index is 13.0. The Bertz CT molecular complexity index is 1080. The number of ether oxygens (including phenoxy) is 4. The summed E-state index contributed by atoms with van der Waals surface area (Å²) < 4.78 is 22.4. The quantitative estimate of drug-likeness (QED) is 0.489. The Kier molecular flexibility index (Phi) is 7.01. The molecule has 1 aliphatic rings. The number of anilines is 2. The second-order valence-electron chi connectivity index (χ2n) is 7.29. The zero-order valence-electron chi connectivity index (χ0n) is 18.3. The summed E-state index contributed by atoms with van der Waals surface area (Å²) in [5.74, 6) is 1.02. The Labute approximate surface area is 186 Å². The molecule has 8 heteroatoms. The maximum Gasteiger partial charge on any atom is 0.360 e. The number of fused-ring (bicyclic) bond motifs is 1. The molecule has 0 amide bonds. The van der Waals surface area contributed by atoms with Crippen molar-refractivity contribution in [3.63, 3.8) is 0 Å². The van der Waals surface area contributed by atoms with Gasteiger partial charge in [-0.25, -0.2) is 14.8 Å². The van der Waals surface area contributed by atoms with Crippen LogP contribution in [0.25, 0.3) is 11.0 Å². The van der Waals surface area contributed by atoms with Crippen LogP contribution in [0.2, 0.25) is 0 Å². The lowest BCUT2D eigenvalue weighted by Crippen LogP contribution is -2.20. The summed E-state index contributed by atoms with van der Waals surface area (Å²) in [5.41, 5.74) is 1.99. The van der Waals surface area contributed by atoms with Crippen LogP contribution in [0, 0.1) is 0 Å². The standard InChI is InChI=1S/C24H27N3O5/c1-3-29-16-11-12-21(30-4-2)20(14-16)27-23-22(24(28)32-15-17-8-7-13-31-17)25-18-9-5-6-10-19(18)26-23/h5-6,9-12,14,17H,3-4,7-8,13,15H2,1-2H3,(H,26,27)/t17-/m1/s1. The van der Waals surface area contributed by atoms with Crippen LogP contribution in [-0.2, 0) is 9.47 Å². The second-order valence-corrected chi connectivity index (χ2v) is 7.29. The third-order valence-electron chi connectivity index (χ3n) is 5.00. The van der Waals surface area contributed by atoms with Crippen molar-refractivity contribution in [3.8, 4) is 11.5 Å². The zero-order valence-corrected chi connectivity index (χ0v) is 18.3. The highest BCUT2D eigenvalue weighted by molar-refractivity contribution is 5.96. The molecule has 3 aromatic rings. The van der Waals surface area contributed by atoms with Gasteiger partial charge in [0.15, 0.2) is 11.5 Å². The Morgan fingerprint density at radius 2 is 1.88 bits per heavy atom. The van der Waals surface area contributed by atoms with Crippen molar-refractivity contribution in [1.82, 2.24) is 9.97 Å². The van der Waals surface area contributed by atoms with E-state index in [2.05, 4.69) is 15.3 Å². The highest BCUT2D eigenvalue weighted by Gasteiger charge is 2.23. The molecule has 0 spiro atoms. The summed E-state index contributed by atoms with van der Waals surface area (Å²) >= 11 is 0. The lowest BCUT2D eigenvalue weighted by atomic mass is 10.2. The van der Waals surface area contributed by atoms with Crippen LogP contribution in [0.1, 0.15) is 37.2 Å². The molecule has 1 aliphatic heterocycles. The minimum atomic E-state index is -0.555. The van der Waals surface area contributed by atoms with E-state index in [1.165, 1.54) is 0 Å². The largest absolute Gasteiger partial charge is 0.494 e. The first kappa shape index (κ1) is 21.8. The van der Waals surface area contributed by atoms with Crippen molar-refractivity contribution in [3.05, 3.63) is 48.2 Å². The van der Waals surface area contributed by atoms with E-state index in [1.807, 2.05) is 56.3 Å². The molecule has 2 heterocycles. The van der Waals surface area contributed by atoms with Crippen LogP contribution in [-0.4, -0.2) is 48.5 Å². The Morgan fingerprint density at radius 1 is 1.09 bits per heavy atom. The number of nitrogens with zero attached hydrogens (tertiary/aromatic N) is 2. The summed E-state index contributed by atoms with van der Waals surface area (Å²) in [5, 5.41) is 3.22. The lowest BCUT2D eigenvalue weighted by Gasteiger charge is -2.16. The molecule has 8 nitrogen and oxygen atoms in total. The first-order valence-electron chi connectivity index (χ1n) is 10.9. The number of esters is 1. The van der Waals surface area contributed by atoms with Crippen LogP contribution in [0.3, 0.4) is 0 Å². The molecule has 0 unspecified atom stereocenters. The van der Waals surface area contributed by atoms with Gasteiger partial charge in [-0.05, 0) is 51.0 Å². The number of hydrogen-bond acceptors (Lipinski definition) is 8. The normalized spacial score (nSPS) is 15.5. The Hall–Kier alpha value is -3.39. The number of carbonyl (C=O) groups is 1. The number of aromatic nitrogens is 2. The average Bonchev–Trinajstić information content (AvgIpc) is 3.33. The van der Waals surface area contributed by atoms with Gasteiger partial charge in [0.2, 0.25) is 0 Å². The molecule has 0 bridgehead atoms. The molecule has 2 aromatic carbocycles. The summed E-state index contributed by atoms with van der Waals surface area (Å²) in [7, 11) is 0. The molecule has 0 radical (unpaired) electrons. The minimum Gasteiger partial charge on any atom is -0.494 e. The fourth-order valence-corrected chi connectivity index (χ4v) is 3.51. The van der Waals surface area contributed by atoms with Crippen molar-refractivity contribution < 1.29 is 23.7 Å². The maximum atomic E-state index is 13.0. The highest BCUT2D eigenvalue weighted by Crippen LogP contribution is 2.33. The van der Waals surface area contributed by atoms with Gasteiger partial charge in [-0.15, -0.1) is 0 Å². The van der Waals surface area contributed by atoms with Gasteiger partial charge in [-0.2, -0.15) is 0 Å². The van der Waals surface area contributed by atoms with Gasteiger partial charge in [0.1, 0.15) is 18.1 Å². The fraction of sp³-hybridized carbons (Fsp3) is 0.375. The smallest absolute Gasteiger partial charge is 0.360 e. The number of carbonyl (C=O) groups excluding carboxylic acids is 1. The Morgan fingerprint density at radius 3 is 2.59 bits per heavy atom. The van der Waals surface area contributed by atoms with Crippen LogP contribution in [0.4, 0.5) is 11.5 Å². The molecule has 4 rings (SSSR count). The molecule has 0 aliphatic carbocycles. The van der Waals surface area contributed by atoms with E-state index in [1.54, 1.807) is 0 Å². The van der Waals surface area contributed by atoms with Crippen molar-refractivity contribution in [2.75, 3.05) is 31.7 Å². The van der Waals surface area contributed by atoms with Gasteiger partial charge >= 0.3 is 5.97 Å². The van der Waals surface area contributed by atoms with Crippen LogP contribution in [0.5, 0.6) is 11.5 Å². The third kappa shape index (κ3) is 5.08. The average molecular weight is 437 g/mol. The molecule has 1 atom stereocenters. The van der Waals surface area contributed by atoms with E-state index in [0.29, 0.717) is 48.0 Å². The molecule has 0 saturated carbocycles. The highest BCUT2D eigenvalue weighted by atomic mass is 16.6. The van der Waals surface area contributed by atoms with Crippen molar-refractivity contribution in [2.24, 2.45) is 0 Å². The second kappa shape index (κ2) is 10.3. The van der Waals surface area contributed by atoms with Gasteiger partial charge in [-0.1, -0.05) is 12.1 Å². The SMILES string of the molecule is CCOc1ccc(OCC)c(Nc2nc3ccccc3nc2C(=O)OC[C@H]2CCCO2)c1. The van der Waals surface area contributed by atoms with E-state index in [-0.39, 0.29) is 24.2 Å². The molecule has 1 aromatic heterocycles. The number of rotatable bonds is 9. The molecule has 1 saturated heterocycles. The van der Waals surface area contributed by atoms with Crippen LogP contribution in [0.15, 0.2) is 42.5 Å². The molecule has 32 heavy (non-hydrogen) atoms. The first-order chi connectivity index (χ1) is 15.7. The predicted octanol–water partition coefficient (Wildman–Crippen LogP) is 4.51. The van der Waals surface area contributed by atoms with Gasteiger partial charge in [0, 0.05) is 12.7 Å². The van der Waals surface area contributed by atoms with Crippen LogP contribution >= 0.6 is 0 Å². The first-order valence-corrected chi connectivity index (χ1v) is 10.9. The van der Waals surface area contributed by atoms with Gasteiger partial charge in [0.05, 0.1) is 36.0 Å². The molecule has 168 valence electrons. The molecular weight excluding hydrogens is 410 g/mol.